The van der Waals surface area contributed by atoms with Crippen molar-refractivity contribution in [2.45, 2.75) is 44.2 Å². The summed E-state index contributed by atoms with van der Waals surface area (Å²) in [4.78, 5) is 39.1. The van der Waals surface area contributed by atoms with Crippen molar-refractivity contribution in [3.8, 4) is 11.1 Å². The van der Waals surface area contributed by atoms with Gasteiger partial charge in [-0.3, -0.25) is 9.59 Å². The van der Waals surface area contributed by atoms with E-state index in [0.29, 0.717) is 32.4 Å². The smallest absolute Gasteiger partial charge is 0.407 e. The van der Waals surface area contributed by atoms with E-state index in [1.54, 1.807) is 4.90 Å². The molecular weight excluding hydrogens is 448 g/mol. The third-order valence-electron chi connectivity index (χ3n) is 7.78. The molecule has 8 heteroatoms. The van der Waals surface area contributed by atoms with E-state index in [9.17, 15) is 19.5 Å². The maximum absolute atomic E-state index is 13.1. The number of nitrogens with zero attached hydrogens (tertiary/aromatic N) is 1. The largest absolute Gasteiger partial charge is 0.481 e. The van der Waals surface area contributed by atoms with E-state index in [4.69, 9.17) is 9.47 Å². The van der Waals surface area contributed by atoms with Crippen molar-refractivity contribution in [3.63, 3.8) is 0 Å². The van der Waals surface area contributed by atoms with E-state index in [0.717, 1.165) is 22.3 Å². The van der Waals surface area contributed by atoms with E-state index in [-0.39, 0.29) is 25.0 Å². The van der Waals surface area contributed by atoms with Gasteiger partial charge in [-0.25, -0.2) is 4.79 Å². The molecule has 1 unspecified atom stereocenters. The van der Waals surface area contributed by atoms with E-state index in [2.05, 4.69) is 29.6 Å². The number of nitrogens with one attached hydrogen (secondary N) is 1. The first-order valence-electron chi connectivity index (χ1n) is 12.2. The number of hydrogen-bond donors (Lipinski definition) is 2. The van der Waals surface area contributed by atoms with E-state index in [1.807, 2.05) is 31.2 Å². The van der Waals surface area contributed by atoms with E-state index in [1.165, 1.54) is 0 Å². The number of carbonyl (C=O) groups excluding carboxylic acids is 2. The maximum atomic E-state index is 13.1. The SMILES string of the molecule is CCC1(C(=O)O)CCN(C(=O)[C@H]2OCC[C@H]2NC(=O)OCC2c3ccccc3-c3ccccc32)C1. The molecule has 0 spiro atoms. The Labute approximate surface area is 204 Å². The number of alkyl carbamates (subject to hydrolysis) is 1. The Bertz CT molecular complexity index is 1100. The summed E-state index contributed by atoms with van der Waals surface area (Å²) in [5.74, 6) is -1.20. The topological polar surface area (TPSA) is 105 Å². The van der Waals surface area contributed by atoms with Crippen LogP contribution in [0.3, 0.4) is 0 Å². The Morgan fingerprint density at radius 3 is 2.37 bits per heavy atom. The van der Waals surface area contributed by atoms with Gasteiger partial charge in [0.2, 0.25) is 0 Å². The second kappa shape index (κ2) is 9.34. The molecule has 2 aliphatic heterocycles. The molecule has 5 rings (SSSR count). The molecule has 2 amide bonds. The van der Waals surface area contributed by atoms with Gasteiger partial charge in [0, 0.05) is 25.6 Å². The molecule has 3 aliphatic rings. The zero-order valence-corrected chi connectivity index (χ0v) is 19.7. The average Bonchev–Trinajstić information content (AvgIpc) is 3.59. The van der Waals surface area contributed by atoms with Crippen LogP contribution in [0.1, 0.15) is 43.2 Å². The number of carboxylic acid groups (broad SMARTS) is 1. The summed E-state index contributed by atoms with van der Waals surface area (Å²) in [7, 11) is 0. The first-order valence-corrected chi connectivity index (χ1v) is 12.2. The van der Waals surface area contributed by atoms with Crippen LogP contribution in [0.4, 0.5) is 4.79 Å². The van der Waals surface area contributed by atoms with Crippen LogP contribution in [0.5, 0.6) is 0 Å². The third kappa shape index (κ3) is 4.16. The molecule has 0 bridgehead atoms. The molecule has 2 aromatic carbocycles. The zero-order valence-electron chi connectivity index (χ0n) is 19.7. The number of carboxylic acids is 1. The van der Waals surface area contributed by atoms with Gasteiger partial charge in [-0.2, -0.15) is 0 Å². The molecule has 0 radical (unpaired) electrons. The molecule has 2 saturated heterocycles. The Kier molecular flexibility index (Phi) is 6.23. The summed E-state index contributed by atoms with van der Waals surface area (Å²) in [6.45, 7) is 2.90. The second-order valence-corrected chi connectivity index (χ2v) is 9.61. The summed E-state index contributed by atoms with van der Waals surface area (Å²) in [5, 5.41) is 12.4. The van der Waals surface area contributed by atoms with Gasteiger partial charge < -0.3 is 24.8 Å². The van der Waals surface area contributed by atoms with Crippen LogP contribution in [-0.4, -0.2) is 66.4 Å². The van der Waals surface area contributed by atoms with Crippen molar-refractivity contribution < 1.29 is 29.0 Å². The average molecular weight is 479 g/mol. The van der Waals surface area contributed by atoms with Gasteiger partial charge in [0.25, 0.3) is 5.91 Å². The van der Waals surface area contributed by atoms with Gasteiger partial charge in [0.15, 0.2) is 6.10 Å². The maximum Gasteiger partial charge on any atom is 0.407 e. The number of likely N-dealkylation sites (tertiary alicyclic amines) is 1. The summed E-state index contributed by atoms with van der Waals surface area (Å²) < 4.78 is 11.3. The molecule has 1 aliphatic carbocycles. The standard InChI is InChI=1S/C27H30N2O6/c1-2-27(25(31)32)12-13-29(16-27)24(30)23-22(11-14-34-23)28-26(33)35-15-21-19-9-5-3-7-17(19)18-8-4-6-10-20(18)21/h3-10,21-23H,2,11-16H2,1H3,(H,28,33)(H,31,32)/t22-,23+,27?/m1/s1. The molecule has 184 valence electrons. The number of benzene rings is 2. The molecule has 0 aromatic heterocycles. The van der Waals surface area contributed by atoms with Gasteiger partial charge in [-0.15, -0.1) is 0 Å². The van der Waals surface area contributed by atoms with E-state index < -0.39 is 29.6 Å². The first kappa shape index (κ1) is 23.4. The van der Waals surface area contributed by atoms with Crippen molar-refractivity contribution in [2.24, 2.45) is 5.41 Å². The van der Waals surface area contributed by atoms with Crippen LogP contribution >= 0.6 is 0 Å². The molecule has 2 N–H and O–H groups in total. The summed E-state index contributed by atoms with van der Waals surface area (Å²) in [5.41, 5.74) is 3.66. The highest BCUT2D eigenvalue weighted by molar-refractivity contribution is 5.85. The lowest BCUT2D eigenvalue weighted by Gasteiger charge is -2.26. The number of hydrogen-bond acceptors (Lipinski definition) is 5. The molecule has 2 fully saturated rings. The third-order valence-corrected chi connectivity index (χ3v) is 7.78. The Morgan fingerprint density at radius 1 is 1.11 bits per heavy atom. The van der Waals surface area contributed by atoms with Crippen molar-refractivity contribution in [1.82, 2.24) is 10.2 Å². The minimum absolute atomic E-state index is 0.0480. The fraction of sp³-hybridized carbons (Fsp3) is 0.444. The fourth-order valence-corrected chi connectivity index (χ4v) is 5.63. The van der Waals surface area contributed by atoms with Crippen LogP contribution in [0, 0.1) is 5.41 Å². The van der Waals surface area contributed by atoms with Gasteiger partial charge in [0.05, 0.1) is 11.5 Å². The lowest BCUT2D eigenvalue weighted by molar-refractivity contribution is -0.149. The molecule has 3 atom stereocenters. The highest BCUT2D eigenvalue weighted by Crippen LogP contribution is 2.44. The minimum atomic E-state index is -0.913. The van der Waals surface area contributed by atoms with Crippen LogP contribution < -0.4 is 5.32 Å². The molecule has 2 heterocycles. The number of ether oxygens (including phenoxy) is 2. The van der Waals surface area contributed by atoms with Crippen molar-refractivity contribution in [3.05, 3.63) is 59.7 Å². The Hall–Kier alpha value is -3.39. The highest BCUT2D eigenvalue weighted by Gasteiger charge is 2.48. The Balaban J connectivity index is 1.21. The fourth-order valence-electron chi connectivity index (χ4n) is 5.63. The molecule has 2 aromatic rings. The number of carbonyl (C=O) groups is 3. The van der Waals surface area contributed by atoms with Crippen molar-refractivity contribution in [1.29, 1.82) is 0 Å². The number of fused-ring (bicyclic) bond motifs is 3. The van der Waals surface area contributed by atoms with Gasteiger partial charge >= 0.3 is 12.1 Å². The lowest BCUT2D eigenvalue weighted by Crippen LogP contribution is -2.50. The van der Waals surface area contributed by atoms with Gasteiger partial charge in [-0.05, 0) is 41.5 Å². The second-order valence-electron chi connectivity index (χ2n) is 9.61. The number of amides is 2. The minimum Gasteiger partial charge on any atom is -0.481 e. The predicted molar refractivity (Wildman–Crippen MR) is 128 cm³/mol. The molecule has 35 heavy (non-hydrogen) atoms. The molecule has 0 saturated carbocycles. The van der Waals surface area contributed by atoms with Gasteiger partial charge in [-0.1, -0.05) is 55.5 Å². The number of aliphatic carboxylic acids is 1. The summed E-state index contributed by atoms with van der Waals surface area (Å²) in [6.07, 6.45) is -0.0559. The molecular formula is C27H30N2O6. The molecule has 8 nitrogen and oxygen atoms in total. The predicted octanol–water partition coefficient (Wildman–Crippen LogP) is 3.40. The lowest BCUT2D eigenvalue weighted by atomic mass is 9.84. The van der Waals surface area contributed by atoms with Crippen LogP contribution in [0.25, 0.3) is 11.1 Å². The highest BCUT2D eigenvalue weighted by atomic mass is 16.6. The summed E-state index contributed by atoms with van der Waals surface area (Å²) >= 11 is 0. The normalized spacial score (nSPS) is 25.2. The monoisotopic (exact) mass is 478 g/mol. The van der Waals surface area contributed by atoms with Crippen molar-refractivity contribution >= 4 is 18.0 Å². The first-order chi connectivity index (χ1) is 16.9. The quantitative estimate of drug-likeness (QED) is 0.659. The zero-order chi connectivity index (χ0) is 24.6. The van der Waals surface area contributed by atoms with Crippen LogP contribution in [0.15, 0.2) is 48.5 Å². The van der Waals surface area contributed by atoms with Crippen molar-refractivity contribution in [2.75, 3.05) is 26.3 Å². The number of rotatable bonds is 6. The summed E-state index contributed by atoms with van der Waals surface area (Å²) in [6, 6.07) is 15.7. The van der Waals surface area contributed by atoms with E-state index >= 15 is 0 Å². The van der Waals surface area contributed by atoms with Crippen LogP contribution in [0.2, 0.25) is 0 Å². The van der Waals surface area contributed by atoms with Gasteiger partial charge in [0.1, 0.15) is 6.61 Å². The van der Waals surface area contributed by atoms with Crippen LogP contribution in [-0.2, 0) is 19.1 Å². The Morgan fingerprint density at radius 2 is 1.77 bits per heavy atom.